The summed E-state index contributed by atoms with van der Waals surface area (Å²) in [6, 6.07) is 5.69. The molecule has 0 radical (unpaired) electrons. The summed E-state index contributed by atoms with van der Waals surface area (Å²) in [5.74, 6) is -1.71. The maximum Gasteiger partial charge on any atom is 0.329 e. The first-order valence-corrected chi connectivity index (χ1v) is 8.36. The van der Waals surface area contributed by atoms with Crippen molar-refractivity contribution >= 4 is 29.2 Å². The van der Waals surface area contributed by atoms with Crippen LogP contribution in [0.1, 0.15) is 43.2 Å². The summed E-state index contributed by atoms with van der Waals surface area (Å²) in [4.78, 5) is 36.2. The molecule has 7 heteroatoms. The number of carboxylic acid groups (broad SMARTS) is 1. The van der Waals surface area contributed by atoms with E-state index >= 15 is 0 Å². The number of aryl methyl sites for hydroxylation is 2. The van der Waals surface area contributed by atoms with E-state index in [1.54, 1.807) is 0 Å². The van der Waals surface area contributed by atoms with Gasteiger partial charge in [-0.05, 0) is 50.3 Å². The second-order valence-electron chi connectivity index (χ2n) is 6.74. The molecule has 0 bridgehead atoms. The molecule has 1 fully saturated rings. The predicted molar refractivity (Wildman–Crippen MR) is 92.4 cm³/mol. The molecule has 7 nitrogen and oxygen atoms in total. The molecular formula is C18H21N3O4. The van der Waals surface area contributed by atoms with E-state index in [1.165, 1.54) is 5.01 Å². The second-order valence-corrected chi connectivity index (χ2v) is 6.74. The molecule has 2 amide bonds. The van der Waals surface area contributed by atoms with Crippen LogP contribution in [0.2, 0.25) is 0 Å². The zero-order chi connectivity index (χ0) is 18.2. The Morgan fingerprint density at radius 2 is 1.96 bits per heavy atom. The van der Waals surface area contributed by atoms with E-state index in [-0.39, 0.29) is 24.5 Å². The van der Waals surface area contributed by atoms with Crippen LogP contribution < -0.4 is 10.3 Å². The number of nitrogens with zero attached hydrogens (tertiary/aromatic N) is 2. The van der Waals surface area contributed by atoms with Gasteiger partial charge >= 0.3 is 5.97 Å². The lowest BCUT2D eigenvalue weighted by Crippen LogP contribution is -2.60. The average molecular weight is 343 g/mol. The van der Waals surface area contributed by atoms with Crippen molar-refractivity contribution in [2.24, 2.45) is 5.10 Å². The summed E-state index contributed by atoms with van der Waals surface area (Å²) in [6.07, 6.45) is 1.98. The van der Waals surface area contributed by atoms with Gasteiger partial charge in [-0.15, -0.1) is 0 Å². The Morgan fingerprint density at radius 1 is 1.24 bits per heavy atom. The quantitative estimate of drug-likeness (QED) is 0.872. The van der Waals surface area contributed by atoms with Crippen LogP contribution in [0.5, 0.6) is 0 Å². The van der Waals surface area contributed by atoms with Crippen LogP contribution in [0.4, 0.5) is 5.69 Å². The van der Waals surface area contributed by atoms with Crippen LogP contribution in [0.3, 0.4) is 0 Å². The van der Waals surface area contributed by atoms with Crippen molar-refractivity contribution in [1.29, 1.82) is 0 Å². The van der Waals surface area contributed by atoms with Gasteiger partial charge in [-0.2, -0.15) is 5.10 Å². The van der Waals surface area contributed by atoms with Gasteiger partial charge in [0.25, 0.3) is 5.91 Å². The summed E-state index contributed by atoms with van der Waals surface area (Å²) in [5, 5.41) is 17.4. The highest BCUT2D eigenvalue weighted by Gasteiger charge is 2.46. The Labute approximate surface area is 145 Å². The molecule has 25 heavy (non-hydrogen) atoms. The van der Waals surface area contributed by atoms with E-state index in [0.29, 0.717) is 18.5 Å². The van der Waals surface area contributed by atoms with Crippen LogP contribution in [-0.2, 0) is 14.4 Å². The number of hydrogen-bond acceptors (Lipinski definition) is 4. The van der Waals surface area contributed by atoms with E-state index < -0.39 is 17.4 Å². The molecule has 0 aromatic heterocycles. The molecule has 2 N–H and O–H groups in total. The monoisotopic (exact) mass is 343 g/mol. The summed E-state index contributed by atoms with van der Waals surface area (Å²) >= 11 is 0. The molecule has 2 aliphatic rings. The Hall–Kier alpha value is -2.70. The third-order valence-electron chi connectivity index (χ3n) is 4.86. The van der Waals surface area contributed by atoms with Crippen molar-refractivity contribution in [1.82, 2.24) is 5.32 Å². The van der Waals surface area contributed by atoms with E-state index in [4.69, 9.17) is 0 Å². The van der Waals surface area contributed by atoms with Crippen LogP contribution >= 0.6 is 0 Å². The van der Waals surface area contributed by atoms with Crippen molar-refractivity contribution in [2.75, 3.05) is 5.01 Å². The van der Waals surface area contributed by atoms with Crippen molar-refractivity contribution in [2.45, 2.75) is 51.5 Å². The van der Waals surface area contributed by atoms with Crippen molar-refractivity contribution in [3.8, 4) is 0 Å². The average Bonchev–Trinajstić information content (AvgIpc) is 2.53. The van der Waals surface area contributed by atoms with Crippen molar-refractivity contribution < 1.29 is 19.5 Å². The zero-order valence-electron chi connectivity index (χ0n) is 14.3. The van der Waals surface area contributed by atoms with E-state index in [1.807, 2.05) is 32.0 Å². The number of benzene rings is 1. The minimum Gasteiger partial charge on any atom is -0.480 e. The lowest BCUT2D eigenvalue weighted by molar-refractivity contribution is -0.150. The van der Waals surface area contributed by atoms with Crippen LogP contribution in [0.25, 0.3) is 0 Å². The van der Waals surface area contributed by atoms with Crippen LogP contribution in [0.15, 0.2) is 23.3 Å². The lowest BCUT2D eigenvalue weighted by Gasteiger charge is -2.38. The molecule has 1 aromatic rings. The molecule has 0 saturated heterocycles. The van der Waals surface area contributed by atoms with Crippen LogP contribution in [-0.4, -0.2) is 34.1 Å². The van der Waals surface area contributed by atoms with E-state index in [9.17, 15) is 19.5 Å². The first-order valence-electron chi connectivity index (χ1n) is 8.36. The topological polar surface area (TPSA) is 99.1 Å². The highest BCUT2D eigenvalue weighted by molar-refractivity contribution is 6.40. The minimum absolute atomic E-state index is 0.166. The fraction of sp³-hybridized carbons (Fsp3) is 0.444. The number of amides is 2. The molecule has 1 aromatic carbocycles. The molecule has 0 unspecified atom stereocenters. The molecule has 3 rings (SSSR count). The maximum absolute atomic E-state index is 12.5. The Kier molecular flexibility index (Phi) is 4.32. The summed E-state index contributed by atoms with van der Waals surface area (Å²) in [6.45, 7) is 3.79. The number of carbonyl (C=O) groups excluding carboxylic acids is 2. The van der Waals surface area contributed by atoms with Crippen LogP contribution in [0, 0.1) is 13.8 Å². The number of hydrazone groups is 1. The highest BCUT2D eigenvalue weighted by Crippen LogP contribution is 2.32. The van der Waals surface area contributed by atoms with Gasteiger partial charge in [0.1, 0.15) is 11.3 Å². The van der Waals surface area contributed by atoms with Gasteiger partial charge in [0.05, 0.1) is 5.69 Å². The second kappa shape index (κ2) is 6.31. The predicted octanol–water partition coefficient (Wildman–Crippen LogP) is 1.91. The molecular weight excluding hydrogens is 322 g/mol. The smallest absolute Gasteiger partial charge is 0.329 e. The van der Waals surface area contributed by atoms with Gasteiger partial charge in [-0.1, -0.05) is 12.1 Å². The van der Waals surface area contributed by atoms with Gasteiger partial charge in [0.2, 0.25) is 5.91 Å². The number of carbonyl (C=O) groups is 3. The van der Waals surface area contributed by atoms with E-state index in [0.717, 1.165) is 17.5 Å². The fourth-order valence-electron chi connectivity index (χ4n) is 3.06. The molecule has 132 valence electrons. The first kappa shape index (κ1) is 17.1. The van der Waals surface area contributed by atoms with Gasteiger partial charge in [0, 0.05) is 12.8 Å². The number of hydrogen-bond donors (Lipinski definition) is 2. The zero-order valence-corrected chi connectivity index (χ0v) is 14.3. The maximum atomic E-state index is 12.5. The van der Waals surface area contributed by atoms with Gasteiger partial charge in [-0.3, -0.25) is 9.59 Å². The van der Waals surface area contributed by atoms with E-state index in [2.05, 4.69) is 10.4 Å². The number of anilines is 1. The number of carboxylic acids is 1. The first-order chi connectivity index (χ1) is 11.8. The number of aliphatic carboxylic acids is 1. The summed E-state index contributed by atoms with van der Waals surface area (Å²) in [7, 11) is 0. The van der Waals surface area contributed by atoms with Gasteiger partial charge in [-0.25, -0.2) is 9.80 Å². The lowest BCUT2D eigenvalue weighted by atomic mass is 9.76. The third-order valence-corrected chi connectivity index (χ3v) is 4.86. The van der Waals surface area contributed by atoms with Crippen molar-refractivity contribution in [3.05, 3.63) is 29.3 Å². The highest BCUT2D eigenvalue weighted by atomic mass is 16.4. The Morgan fingerprint density at radius 3 is 2.56 bits per heavy atom. The molecule has 1 saturated carbocycles. The third kappa shape index (κ3) is 3.14. The fourth-order valence-corrected chi connectivity index (χ4v) is 3.06. The largest absolute Gasteiger partial charge is 0.480 e. The molecule has 1 heterocycles. The minimum atomic E-state index is -1.19. The normalized spacial score (nSPS) is 19.0. The SMILES string of the molecule is Cc1ccc(C)c(N2N=C(C(=O)NC3(C(=O)O)CCC3)CCC2=O)c1. The summed E-state index contributed by atoms with van der Waals surface area (Å²) in [5.41, 5.74) is 1.51. The van der Waals surface area contributed by atoms with Gasteiger partial charge in [0.15, 0.2) is 0 Å². The molecule has 0 atom stereocenters. The molecule has 1 aliphatic carbocycles. The van der Waals surface area contributed by atoms with Crippen molar-refractivity contribution in [3.63, 3.8) is 0 Å². The number of nitrogens with one attached hydrogen (secondary N) is 1. The molecule has 1 aliphatic heterocycles. The summed E-state index contributed by atoms with van der Waals surface area (Å²) < 4.78 is 0. The Bertz CT molecular complexity index is 781. The number of rotatable bonds is 4. The Balaban J connectivity index is 1.87. The standard InChI is InChI=1S/C18H21N3O4/c1-11-4-5-12(2)14(10-11)21-15(22)7-6-13(20-21)16(23)19-18(17(24)25)8-3-9-18/h4-5,10H,3,6-9H2,1-2H3,(H,19,23)(H,24,25). The molecule has 0 spiro atoms. The van der Waals surface area contributed by atoms with Gasteiger partial charge < -0.3 is 10.4 Å².